The third-order valence-corrected chi connectivity index (χ3v) is 2.16. The van der Waals surface area contributed by atoms with E-state index in [1.165, 1.54) is 13.1 Å². The number of aliphatic carboxylic acids is 1. The van der Waals surface area contributed by atoms with E-state index in [1.807, 2.05) is 0 Å². The van der Waals surface area contributed by atoms with E-state index in [4.69, 9.17) is 14.9 Å². The first-order valence-corrected chi connectivity index (χ1v) is 7.03. The minimum Gasteiger partial charge on any atom is -0.478 e. The molecule has 0 aliphatic rings. The van der Waals surface area contributed by atoms with Crippen LogP contribution in [0.1, 0.15) is 20.8 Å². The van der Waals surface area contributed by atoms with Gasteiger partial charge in [-0.05, 0) is 20.8 Å². The van der Waals surface area contributed by atoms with Gasteiger partial charge in [0.25, 0.3) is 0 Å². The zero-order chi connectivity index (χ0) is 19.1. The fourth-order valence-corrected chi connectivity index (χ4v) is 0.874. The third-order valence-electron chi connectivity index (χ3n) is 2.16. The van der Waals surface area contributed by atoms with E-state index in [-0.39, 0.29) is 37.8 Å². The van der Waals surface area contributed by atoms with E-state index in [0.717, 1.165) is 0 Å². The number of halogens is 1. The smallest absolute Gasteiger partial charge is 0.333 e. The van der Waals surface area contributed by atoms with Gasteiger partial charge in [-0.15, -0.1) is 12.4 Å². The van der Waals surface area contributed by atoms with E-state index < -0.39 is 17.9 Å². The Kier molecular flexibility index (Phi) is 18.2. The Hall–Kier alpha value is -2.32. The number of nitrogens with one attached hydrogen (secondary N) is 1. The van der Waals surface area contributed by atoms with Crippen LogP contribution in [0.15, 0.2) is 36.1 Å². The second-order valence-corrected chi connectivity index (χ2v) is 4.64. The van der Waals surface area contributed by atoms with Gasteiger partial charge in [0.15, 0.2) is 0 Å². The summed E-state index contributed by atoms with van der Waals surface area (Å²) in [6.45, 7) is 11.8. The van der Waals surface area contributed by atoms with Crippen molar-refractivity contribution >= 4 is 30.3 Å². The second-order valence-electron chi connectivity index (χ2n) is 4.64. The van der Waals surface area contributed by atoms with Gasteiger partial charge in [0.2, 0.25) is 0 Å². The number of carbonyl (C=O) groups excluding carboxylic acids is 2. The molecule has 3 N–H and O–H groups in total. The monoisotopic (exact) mass is 379 g/mol. The van der Waals surface area contributed by atoms with Gasteiger partial charge in [-0.1, -0.05) is 13.2 Å². The van der Waals surface area contributed by atoms with Gasteiger partial charge in [0.05, 0.1) is 6.61 Å². The summed E-state index contributed by atoms with van der Waals surface area (Å²) in [6, 6.07) is 0. The van der Waals surface area contributed by atoms with Crippen molar-refractivity contribution in [1.29, 1.82) is 0 Å². The number of carboxylic acid groups (broad SMARTS) is 1. The number of hydrogen-bond donors (Lipinski definition) is 3. The average Bonchev–Trinajstić information content (AvgIpc) is 2.51. The highest BCUT2D eigenvalue weighted by atomic mass is 35.5. The van der Waals surface area contributed by atoms with Crippen LogP contribution in [0.4, 0.5) is 0 Å². The summed E-state index contributed by atoms with van der Waals surface area (Å²) in [6.07, 6.45) is 1.36. The highest BCUT2D eigenvalue weighted by molar-refractivity contribution is 5.87. The Bertz CT molecular complexity index is 501. The number of aliphatic hydroxyl groups is 1. The van der Waals surface area contributed by atoms with Gasteiger partial charge in [-0.25, -0.2) is 14.4 Å². The summed E-state index contributed by atoms with van der Waals surface area (Å²) >= 11 is 0. The van der Waals surface area contributed by atoms with E-state index in [1.54, 1.807) is 13.8 Å². The van der Waals surface area contributed by atoms with Gasteiger partial charge in [-0.3, -0.25) is 0 Å². The molecule has 0 fully saturated rings. The first-order chi connectivity index (χ1) is 11.1. The molecule has 0 amide bonds. The maximum atomic E-state index is 10.9. The molecule has 25 heavy (non-hydrogen) atoms. The van der Waals surface area contributed by atoms with E-state index in [2.05, 4.69) is 23.2 Å². The Balaban J connectivity index is -0.000000418. The molecule has 144 valence electrons. The van der Waals surface area contributed by atoms with Crippen molar-refractivity contribution < 1.29 is 34.1 Å². The zero-order valence-electron chi connectivity index (χ0n) is 14.7. The molecule has 0 saturated heterocycles. The standard InChI is InChI=1S/C10H15NO4.C6H10O3.ClH/c1-7(2)10(14)15-5-4-11-6-8(3)9(12)13;1-5(2)6(8)9-4-3-7;/h6,11H,1,4-5H2,2-3H3,(H,12,13);7H,1,3-4H2,2H3;1H. The fraction of sp³-hybridized carbons (Fsp3) is 0.438. The normalized spacial score (nSPS) is 9.52. The molecule has 0 aromatic heterocycles. The zero-order valence-corrected chi connectivity index (χ0v) is 15.5. The predicted octanol–water partition coefficient (Wildman–Crippen LogP) is 1.20. The molecule has 0 spiro atoms. The number of carboxylic acids is 1. The molecule has 0 aromatic carbocycles. The lowest BCUT2D eigenvalue weighted by atomic mass is 10.3. The van der Waals surface area contributed by atoms with Crippen LogP contribution in [0, 0.1) is 0 Å². The Labute approximate surface area is 153 Å². The quantitative estimate of drug-likeness (QED) is 0.310. The molecule has 8 nitrogen and oxygen atoms in total. The minimum atomic E-state index is -0.985. The highest BCUT2D eigenvalue weighted by Gasteiger charge is 2.02. The second kappa shape index (κ2) is 16.5. The van der Waals surface area contributed by atoms with Crippen LogP contribution in [0.25, 0.3) is 0 Å². The Morgan fingerprint density at radius 3 is 1.80 bits per heavy atom. The number of carbonyl (C=O) groups is 3. The molecule has 0 heterocycles. The van der Waals surface area contributed by atoms with Crippen LogP contribution in [0.2, 0.25) is 0 Å². The SMILES string of the molecule is C=C(C)C(=O)OCCNC=C(C)C(=O)O.C=C(C)C(=O)OCCO.Cl. The van der Waals surface area contributed by atoms with Crippen molar-refractivity contribution in [3.05, 3.63) is 36.1 Å². The summed E-state index contributed by atoms with van der Waals surface area (Å²) in [4.78, 5) is 31.7. The number of esters is 2. The molecular formula is C16H26ClNO7. The first kappa shape index (κ1) is 27.5. The van der Waals surface area contributed by atoms with Crippen molar-refractivity contribution in [2.24, 2.45) is 0 Å². The van der Waals surface area contributed by atoms with E-state index >= 15 is 0 Å². The summed E-state index contributed by atoms with van der Waals surface area (Å²) in [7, 11) is 0. The number of hydrogen-bond acceptors (Lipinski definition) is 7. The summed E-state index contributed by atoms with van der Waals surface area (Å²) in [5.41, 5.74) is 0.886. The average molecular weight is 380 g/mol. The first-order valence-electron chi connectivity index (χ1n) is 7.03. The predicted molar refractivity (Wildman–Crippen MR) is 95.3 cm³/mol. The minimum absolute atomic E-state index is 0. The summed E-state index contributed by atoms with van der Waals surface area (Å²) < 4.78 is 9.23. The van der Waals surface area contributed by atoms with Crippen molar-refractivity contribution in [1.82, 2.24) is 5.32 Å². The van der Waals surface area contributed by atoms with Crippen LogP contribution in [0.5, 0.6) is 0 Å². The third kappa shape index (κ3) is 17.9. The lowest BCUT2D eigenvalue weighted by Crippen LogP contribution is -2.18. The van der Waals surface area contributed by atoms with Crippen molar-refractivity contribution in [3.8, 4) is 0 Å². The molecule has 0 aliphatic carbocycles. The molecule has 0 saturated carbocycles. The topological polar surface area (TPSA) is 122 Å². The lowest BCUT2D eigenvalue weighted by molar-refractivity contribution is -0.140. The maximum absolute atomic E-state index is 10.9. The molecule has 0 bridgehead atoms. The molecule has 0 aromatic rings. The Morgan fingerprint density at radius 2 is 1.44 bits per heavy atom. The molecule has 9 heteroatoms. The van der Waals surface area contributed by atoms with Crippen molar-refractivity contribution in [3.63, 3.8) is 0 Å². The summed E-state index contributed by atoms with van der Waals surface area (Å²) in [5.74, 6) is -1.89. The largest absolute Gasteiger partial charge is 0.478 e. The van der Waals surface area contributed by atoms with E-state index in [9.17, 15) is 14.4 Å². The van der Waals surface area contributed by atoms with Crippen molar-refractivity contribution in [2.45, 2.75) is 20.8 Å². The number of ether oxygens (including phenoxy) is 2. The molecular weight excluding hydrogens is 354 g/mol. The van der Waals surface area contributed by atoms with Gasteiger partial charge in [0, 0.05) is 29.5 Å². The van der Waals surface area contributed by atoms with Crippen molar-refractivity contribution in [2.75, 3.05) is 26.4 Å². The van der Waals surface area contributed by atoms with Gasteiger partial charge in [-0.2, -0.15) is 0 Å². The van der Waals surface area contributed by atoms with Gasteiger partial charge in [0.1, 0.15) is 13.2 Å². The fourth-order valence-electron chi connectivity index (χ4n) is 0.874. The molecule has 0 aliphatic heterocycles. The maximum Gasteiger partial charge on any atom is 0.333 e. The molecule has 0 rings (SSSR count). The number of aliphatic hydroxyl groups excluding tert-OH is 1. The molecule has 0 radical (unpaired) electrons. The van der Waals surface area contributed by atoms with Crippen LogP contribution in [-0.2, 0) is 23.9 Å². The van der Waals surface area contributed by atoms with E-state index in [0.29, 0.717) is 17.7 Å². The highest BCUT2D eigenvalue weighted by Crippen LogP contribution is 1.92. The van der Waals surface area contributed by atoms with Crippen LogP contribution in [0.3, 0.4) is 0 Å². The summed E-state index contributed by atoms with van der Waals surface area (Å²) in [5, 5.41) is 19.4. The van der Waals surface area contributed by atoms with Crippen LogP contribution in [-0.4, -0.2) is 54.5 Å². The molecule has 0 atom stereocenters. The van der Waals surface area contributed by atoms with Gasteiger partial charge < -0.3 is 25.0 Å². The number of rotatable bonds is 9. The Morgan fingerprint density at radius 1 is 1.00 bits per heavy atom. The molecule has 0 unspecified atom stereocenters. The van der Waals surface area contributed by atoms with Crippen LogP contribution < -0.4 is 5.32 Å². The lowest BCUT2D eigenvalue weighted by Gasteiger charge is -2.04. The van der Waals surface area contributed by atoms with Crippen LogP contribution >= 0.6 is 12.4 Å². The van der Waals surface area contributed by atoms with Gasteiger partial charge >= 0.3 is 17.9 Å².